The average Bonchev–Trinajstić information content (AvgIpc) is 3.18. The van der Waals surface area contributed by atoms with Crippen molar-refractivity contribution in [1.29, 1.82) is 0 Å². The molecule has 0 spiro atoms. The molecule has 5 rings (SSSR count). The largest absolute Gasteiger partial charge is 0.495 e. The van der Waals surface area contributed by atoms with Crippen LogP contribution >= 0.6 is 15.9 Å². The normalized spacial score (nSPS) is 30.9. The number of ether oxygens (including phenoxy) is 2. The second kappa shape index (κ2) is 7.15. The summed E-state index contributed by atoms with van der Waals surface area (Å²) in [7, 11) is 1.47. The van der Waals surface area contributed by atoms with Gasteiger partial charge in [0.15, 0.2) is 11.2 Å². The molecule has 2 N–H and O–H groups in total. The Morgan fingerprint density at radius 3 is 2.48 bits per heavy atom. The van der Waals surface area contributed by atoms with E-state index >= 15 is 0 Å². The minimum absolute atomic E-state index is 0.288. The predicted octanol–water partition coefficient (Wildman–Crippen LogP) is 3.30. The maximum Gasteiger partial charge on any atom is 0.177 e. The fourth-order valence-corrected chi connectivity index (χ4v) is 5.56. The number of aliphatic hydroxyl groups excluding tert-OH is 1. The molecular weight excluding hydrogens is 462 g/mol. The highest BCUT2D eigenvalue weighted by Gasteiger charge is 2.76. The number of carbonyl (C=O) groups is 1. The summed E-state index contributed by atoms with van der Waals surface area (Å²) < 4.78 is 12.9. The van der Waals surface area contributed by atoms with E-state index < -0.39 is 29.1 Å². The first-order valence-corrected chi connectivity index (χ1v) is 10.7. The van der Waals surface area contributed by atoms with Crippen LogP contribution < -0.4 is 9.47 Å². The van der Waals surface area contributed by atoms with Gasteiger partial charge in [0.05, 0.1) is 31.0 Å². The Kier molecular flexibility index (Phi) is 4.66. The monoisotopic (exact) mass is 481 g/mol. The molecule has 2 heterocycles. The van der Waals surface area contributed by atoms with Crippen molar-refractivity contribution < 1.29 is 24.5 Å². The Bertz CT molecular complexity index is 1140. The molecule has 3 aromatic rings. The molecule has 1 fully saturated rings. The molecule has 0 unspecified atom stereocenters. The van der Waals surface area contributed by atoms with Crippen molar-refractivity contribution >= 4 is 22.2 Å². The van der Waals surface area contributed by atoms with Gasteiger partial charge in [0.2, 0.25) is 0 Å². The quantitative estimate of drug-likeness (QED) is 0.555. The van der Waals surface area contributed by atoms with Crippen LogP contribution in [0.2, 0.25) is 0 Å². The van der Waals surface area contributed by atoms with Crippen molar-refractivity contribution in [3.8, 4) is 11.5 Å². The number of benzene rings is 2. The molecule has 0 amide bonds. The van der Waals surface area contributed by atoms with Crippen molar-refractivity contribution in [2.45, 2.75) is 23.2 Å². The van der Waals surface area contributed by atoms with Gasteiger partial charge in [0.25, 0.3) is 0 Å². The molecule has 0 radical (unpaired) electrons. The standard InChI is InChI=1S/C24H20BrNO5/c1-30-18-11-26-12-19-21(18)23(29)22(28)17(13-27)20(14-5-3-2-4-6-14)24(23,31-19)15-7-9-16(25)10-8-15/h2-13,17,20,22,28-29H,1H3/t17-,20-,22-,23+,24+/m1/s1. The summed E-state index contributed by atoms with van der Waals surface area (Å²) in [6, 6.07) is 16.7. The number of aliphatic hydroxyl groups is 2. The molecule has 1 aliphatic carbocycles. The predicted molar refractivity (Wildman–Crippen MR) is 116 cm³/mol. The van der Waals surface area contributed by atoms with E-state index in [1.54, 1.807) is 0 Å². The lowest BCUT2D eigenvalue weighted by atomic mass is 9.71. The Morgan fingerprint density at radius 1 is 1.13 bits per heavy atom. The molecule has 0 bridgehead atoms. The molecule has 1 aliphatic heterocycles. The lowest BCUT2D eigenvalue weighted by Gasteiger charge is -2.40. The van der Waals surface area contributed by atoms with E-state index in [0.29, 0.717) is 23.2 Å². The molecule has 31 heavy (non-hydrogen) atoms. The van der Waals surface area contributed by atoms with Gasteiger partial charge in [-0.05, 0) is 23.3 Å². The Hall–Kier alpha value is -2.74. The van der Waals surface area contributed by atoms with Crippen molar-refractivity contribution in [3.63, 3.8) is 0 Å². The SMILES string of the molecule is COc1cncc2c1[C@]1(O)[C@H](O)[C@H](C=O)[C@@H](c3ccccc3)[C@]1(c1ccc(Br)cc1)O2. The zero-order chi connectivity index (χ0) is 21.8. The maximum atomic E-state index is 12.3. The second-order valence-corrected chi connectivity index (χ2v) is 8.79. The van der Waals surface area contributed by atoms with Gasteiger partial charge in [-0.1, -0.05) is 58.4 Å². The molecule has 2 aliphatic rings. The van der Waals surface area contributed by atoms with E-state index in [-0.39, 0.29) is 5.75 Å². The van der Waals surface area contributed by atoms with Gasteiger partial charge in [-0.25, -0.2) is 0 Å². The van der Waals surface area contributed by atoms with Crippen LogP contribution in [0.25, 0.3) is 0 Å². The fraction of sp³-hybridized carbons (Fsp3) is 0.250. The number of aromatic nitrogens is 1. The Morgan fingerprint density at radius 2 is 1.84 bits per heavy atom. The van der Waals surface area contributed by atoms with Crippen LogP contribution in [0.15, 0.2) is 71.5 Å². The summed E-state index contributed by atoms with van der Waals surface area (Å²) in [5.74, 6) is -0.975. The highest BCUT2D eigenvalue weighted by Crippen LogP contribution is 2.69. The van der Waals surface area contributed by atoms with Crippen LogP contribution in [0.1, 0.15) is 22.6 Å². The van der Waals surface area contributed by atoms with Gasteiger partial charge in [-0.3, -0.25) is 4.98 Å². The highest BCUT2D eigenvalue weighted by atomic mass is 79.9. The van der Waals surface area contributed by atoms with Gasteiger partial charge < -0.3 is 24.5 Å². The first-order valence-electron chi connectivity index (χ1n) is 9.87. The summed E-state index contributed by atoms with van der Waals surface area (Å²) in [5.41, 5.74) is -1.72. The minimum Gasteiger partial charge on any atom is -0.495 e. The number of methoxy groups -OCH3 is 1. The zero-order valence-electron chi connectivity index (χ0n) is 16.6. The summed E-state index contributed by atoms with van der Waals surface area (Å²) >= 11 is 3.45. The first-order chi connectivity index (χ1) is 15.0. The third-order valence-electron chi connectivity index (χ3n) is 6.52. The van der Waals surface area contributed by atoms with E-state index in [9.17, 15) is 15.0 Å². The number of nitrogens with zero attached hydrogens (tertiary/aromatic N) is 1. The van der Waals surface area contributed by atoms with Crippen molar-refractivity contribution in [3.05, 3.63) is 88.2 Å². The number of pyridine rings is 1. The number of carbonyl (C=O) groups excluding carboxylic acids is 1. The molecule has 6 nitrogen and oxygen atoms in total. The molecule has 7 heteroatoms. The minimum atomic E-state index is -1.95. The number of halogens is 1. The molecule has 0 saturated heterocycles. The van der Waals surface area contributed by atoms with Gasteiger partial charge in [-0.2, -0.15) is 0 Å². The van der Waals surface area contributed by atoms with E-state index in [0.717, 1.165) is 10.0 Å². The van der Waals surface area contributed by atoms with Crippen molar-refractivity contribution in [2.24, 2.45) is 5.92 Å². The number of rotatable bonds is 4. The maximum absolute atomic E-state index is 12.3. The number of aldehydes is 1. The van der Waals surface area contributed by atoms with Crippen LogP contribution in [0, 0.1) is 5.92 Å². The van der Waals surface area contributed by atoms with Gasteiger partial charge >= 0.3 is 0 Å². The fourth-order valence-electron chi connectivity index (χ4n) is 5.29. The number of fused-ring (bicyclic) bond motifs is 3. The summed E-state index contributed by atoms with van der Waals surface area (Å²) in [6.07, 6.45) is 2.24. The first kappa shape index (κ1) is 20.2. The Labute approximate surface area is 187 Å². The molecule has 158 valence electrons. The van der Waals surface area contributed by atoms with E-state index in [1.165, 1.54) is 19.5 Å². The lowest BCUT2D eigenvalue weighted by Crippen LogP contribution is -2.52. The molecule has 1 aromatic heterocycles. The van der Waals surface area contributed by atoms with Gasteiger partial charge in [0.1, 0.15) is 23.9 Å². The topological polar surface area (TPSA) is 88.9 Å². The number of hydrogen-bond acceptors (Lipinski definition) is 6. The van der Waals surface area contributed by atoms with Crippen LogP contribution in [0.5, 0.6) is 11.5 Å². The van der Waals surface area contributed by atoms with E-state index in [2.05, 4.69) is 20.9 Å². The second-order valence-electron chi connectivity index (χ2n) is 7.87. The molecular formula is C24H20BrNO5. The van der Waals surface area contributed by atoms with Gasteiger partial charge in [-0.15, -0.1) is 0 Å². The van der Waals surface area contributed by atoms with Crippen LogP contribution in [-0.4, -0.2) is 34.7 Å². The molecule has 1 saturated carbocycles. The Balaban J connectivity index is 1.88. The van der Waals surface area contributed by atoms with Crippen molar-refractivity contribution in [1.82, 2.24) is 4.98 Å². The lowest BCUT2D eigenvalue weighted by molar-refractivity contribution is -0.152. The smallest absolute Gasteiger partial charge is 0.177 e. The summed E-state index contributed by atoms with van der Waals surface area (Å²) in [4.78, 5) is 16.5. The third kappa shape index (κ3) is 2.51. The number of hydrogen-bond donors (Lipinski definition) is 2. The highest BCUT2D eigenvalue weighted by molar-refractivity contribution is 9.10. The van der Waals surface area contributed by atoms with Crippen LogP contribution in [0.3, 0.4) is 0 Å². The molecule has 2 aromatic carbocycles. The van der Waals surface area contributed by atoms with Crippen molar-refractivity contribution in [2.75, 3.05) is 7.11 Å². The van der Waals surface area contributed by atoms with E-state index in [1.807, 2.05) is 54.6 Å². The van der Waals surface area contributed by atoms with Crippen LogP contribution in [-0.2, 0) is 16.0 Å². The van der Waals surface area contributed by atoms with Gasteiger partial charge in [0, 0.05) is 10.4 Å². The van der Waals surface area contributed by atoms with Crippen LogP contribution in [0.4, 0.5) is 0 Å². The summed E-state index contributed by atoms with van der Waals surface area (Å²) in [5, 5.41) is 23.8. The zero-order valence-corrected chi connectivity index (χ0v) is 18.2. The average molecular weight is 482 g/mol. The third-order valence-corrected chi connectivity index (χ3v) is 7.05. The molecule has 5 atom stereocenters. The van der Waals surface area contributed by atoms with E-state index in [4.69, 9.17) is 9.47 Å². The summed E-state index contributed by atoms with van der Waals surface area (Å²) in [6.45, 7) is 0.